The van der Waals surface area contributed by atoms with Crippen molar-refractivity contribution in [2.75, 3.05) is 0 Å². The monoisotopic (exact) mass is 383 g/mol. The highest BCUT2D eigenvalue weighted by molar-refractivity contribution is 6.01. The van der Waals surface area contributed by atoms with Crippen LogP contribution in [-0.2, 0) is 11.4 Å². The molecule has 0 bridgehead atoms. The number of amides is 1. The molecule has 0 aliphatic carbocycles. The third-order valence-corrected chi connectivity index (χ3v) is 4.16. The minimum Gasteiger partial charge on any atom is -0.361 e. The SMILES string of the molecule is Cc1noc(C)c1C(=O)NCc1ccc(C2=NOC(O)(C(F)(F)F)C2)cc1. The first-order valence-electron chi connectivity index (χ1n) is 7.95. The summed E-state index contributed by atoms with van der Waals surface area (Å²) in [6.07, 6.45) is -5.74. The number of aromatic nitrogens is 1. The lowest BCUT2D eigenvalue weighted by atomic mass is 10.0. The first-order chi connectivity index (χ1) is 12.6. The third-order valence-electron chi connectivity index (χ3n) is 4.16. The fourth-order valence-electron chi connectivity index (χ4n) is 2.62. The zero-order valence-electron chi connectivity index (χ0n) is 14.4. The number of benzene rings is 1. The van der Waals surface area contributed by atoms with Crippen LogP contribution in [-0.4, -0.2) is 33.8 Å². The topological polar surface area (TPSA) is 97.0 Å². The number of aliphatic hydroxyl groups is 1. The molecule has 0 saturated carbocycles. The number of nitrogens with one attached hydrogen (secondary N) is 1. The molecule has 10 heteroatoms. The molecule has 0 spiro atoms. The van der Waals surface area contributed by atoms with Crippen LogP contribution in [0.2, 0.25) is 0 Å². The van der Waals surface area contributed by atoms with E-state index < -0.39 is 18.4 Å². The van der Waals surface area contributed by atoms with Gasteiger partial charge in [0.2, 0.25) is 0 Å². The summed E-state index contributed by atoms with van der Waals surface area (Å²) in [5.74, 6) is -3.22. The average molecular weight is 383 g/mol. The molecule has 2 N–H and O–H groups in total. The zero-order chi connectivity index (χ0) is 19.8. The van der Waals surface area contributed by atoms with Crippen molar-refractivity contribution in [1.82, 2.24) is 10.5 Å². The lowest BCUT2D eigenvalue weighted by Gasteiger charge is -2.22. The molecule has 1 atom stereocenters. The number of alkyl halides is 3. The molecule has 2 heterocycles. The Kier molecular flexibility index (Phi) is 4.68. The Bertz CT molecular complexity index is 870. The van der Waals surface area contributed by atoms with Crippen LogP contribution in [0.5, 0.6) is 0 Å². The molecular weight excluding hydrogens is 367 g/mol. The molecule has 2 aromatic rings. The molecule has 0 fully saturated rings. The molecule has 1 aromatic heterocycles. The number of carbonyl (C=O) groups is 1. The second-order valence-corrected chi connectivity index (χ2v) is 6.17. The van der Waals surface area contributed by atoms with Gasteiger partial charge in [0.1, 0.15) is 11.3 Å². The molecule has 1 unspecified atom stereocenters. The van der Waals surface area contributed by atoms with Gasteiger partial charge in [-0.2, -0.15) is 13.2 Å². The number of hydrogen-bond donors (Lipinski definition) is 2. The number of carbonyl (C=O) groups excluding carboxylic acids is 1. The number of hydrogen-bond acceptors (Lipinski definition) is 6. The molecule has 1 aliphatic heterocycles. The van der Waals surface area contributed by atoms with Gasteiger partial charge in [0.15, 0.2) is 0 Å². The number of nitrogens with zero attached hydrogens (tertiary/aromatic N) is 2. The van der Waals surface area contributed by atoms with Gasteiger partial charge < -0.3 is 19.8 Å². The average Bonchev–Trinajstić information content (AvgIpc) is 3.17. The highest BCUT2D eigenvalue weighted by atomic mass is 19.4. The van der Waals surface area contributed by atoms with E-state index in [1.807, 2.05) is 0 Å². The van der Waals surface area contributed by atoms with Crippen molar-refractivity contribution in [2.24, 2.45) is 5.16 Å². The van der Waals surface area contributed by atoms with Crippen molar-refractivity contribution in [2.45, 2.75) is 38.8 Å². The summed E-state index contributed by atoms with van der Waals surface area (Å²) in [6, 6.07) is 6.36. The van der Waals surface area contributed by atoms with Crippen molar-refractivity contribution in [3.63, 3.8) is 0 Å². The van der Waals surface area contributed by atoms with E-state index in [-0.39, 0.29) is 18.2 Å². The second kappa shape index (κ2) is 6.69. The Labute approximate surface area is 151 Å². The minimum atomic E-state index is -4.94. The normalized spacial score (nSPS) is 19.6. The molecule has 1 aromatic carbocycles. The lowest BCUT2D eigenvalue weighted by molar-refractivity contribution is -0.355. The summed E-state index contributed by atoms with van der Waals surface area (Å²) in [5, 5.41) is 19.3. The van der Waals surface area contributed by atoms with Crippen LogP contribution in [0, 0.1) is 13.8 Å². The van der Waals surface area contributed by atoms with Gasteiger partial charge in [-0.1, -0.05) is 34.6 Å². The van der Waals surface area contributed by atoms with Gasteiger partial charge in [0, 0.05) is 6.54 Å². The van der Waals surface area contributed by atoms with Gasteiger partial charge in [0.25, 0.3) is 5.91 Å². The maximum atomic E-state index is 12.7. The van der Waals surface area contributed by atoms with Crippen molar-refractivity contribution < 1.29 is 32.4 Å². The van der Waals surface area contributed by atoms with Crippen LogP contribution in [0.15, 0.2) is 33.9 Å². The van der Waals surface area contributed by atoms with Gasteiger partial charge in [-0.3, -0.25) is 4.79 Å². The highest BCUT2D eigenvalue weighted by Gasteiger charge is 2.60. The van der Waals surface area contributed by atoms with Crippen LogP contribution >= 0.6 is 0 Å². The second-order valence-electron chi connectivity index (χ2n) is 6.17. The van der Waals surface area contributed by atoms with Crippen LogP contribution in [0.4, 0.5) is 13.2 Å². The number of aryl methyl sites for hydroxylation is 2. The van der Waals surface area contributed by atoms with Crippen LogP contribution in [0.3, 0.4) is 0 Å². The maximum Gasteiger partial charge on any atom is 0.458 e. The van der Waals surface area contributed by atoms with Crippen LogP contribution < -0.4 is 5.32 Å². The van der Waals surface area contributed by atoms with Crippen molar-refractivity contribution >= 4 is 11.6 Å². The van der Waals surface area contributed by atoms with Gasteiger partial charge in [0.05, 0.1) is 17.8 Å². The van der Waals surface area contributed by atoms with E-state index in [2.05, 4.69) is 20.5 Å². The van der Waals surface area contributed by atoms with E-state index in [9.17, 15) is 23.1 Å². The third kappa shape index (κ3) is 3.65. The molecular formula is C17H16F3N3O4. The first kappa shape index (κ1) is 18.9. The zero-order valence-corrected chi connectivity index (χ0v) is 14.4. The van der Waals surface area contributed by atoms with E-state index >= 15 is 0 Å². The fraction of sp³-hybridized carbons (Fsp3) is 0.353. The summed E-state index contributed by atoms with van der Waals surface area (Å²) in [4.78, 5) is 16.4. The first-order valence-corrected chi connectivity index (χ1v) is 7.95. The van der Waals surface area contributed by atoms with Gasteiger partial charge in [-0.25, -0.2) is 0 Å². The van der Waals surface area contributed by atoms with Gasteiger partial charge >= 0.3 is 12.0 Å². The smallest absolute Gasteiger partial charge is 0.361 e. The summed E-state index contributed by atoms with van der Waals surface area (Å²) in [6.45, 7) is 3.50. The Morgan fingerprint density at radius 1 is 1.30 bits per heavy atom. The van der Waals surface area contributed by atoms with E-state index in [4.69, 9.17) is 4.52 Å². The Morgan fingerprint density at radius 2 is 1.96 bits per heavy atom. The van der Waals surface area contributed by atoms with Crippen LogP contribution in [0.1, 0.15) is 39.4 Å². The van der Waals surface area contributed by atoms with Crippen LogP contribution in [0.25, 0.3) is 0 Å². The Morgan fingerprint density at radius 3 is 2.48 bits per heavy atom. The largest absolute Gasteiger partial charge is 0.458 e. The quantitative estimate of drug-likeness (QED) is 0.846. The molecule has 0 saturated heterocycles. The number of oxime groups is 1. The Hall–Kier alpha value is -2.88. The van der Waals surface area contributed by atoms with Gasteiger partial charge in [-0.05, 0) is 25.0 Å². The van der Waals surface area contributed by atoms with Crippen molar-refractivity contribution in [3.05, 3.63) is 52.4 Å². The summed E-state index contributed by atoms with van der Waals surface area (Å²) < 4.78 is 43.2. The molecule has 1 aliphatic rings. The molecule has 3 rings (SSSR count). The summed E-state index contributed by atoms with van der Waals surface area (Å²) >= 11 is 0. The lowest BCUT2D eigenvalue weighted by Crippen LogP contribution is -2.45. The fourth-order valence-corrected chi connectivity index (χ4v) is 2.62. The summed E-state index contributed by atoms with van der Waals surface area (Å²) in [5.41, 5.74) is 1.95. The minimum absolute atomic E-state index is 0.0128. The van der Waals surface area contributed by atoms with Crippen molar-refractivity contribution in [3.8, 4) is 0 Å². The molecule has 7 nitrogen and oxygen atoms in total. The van der Waals surface area contributed by atoms with E-state index in [0.717, 1.165) is 5.56 Å². The predicted molar refractivity (Wildman–Crippen MR) is 86.8 cm³/mol. The molecule has 144 valence electrons. The van der Waals surface area contributed by atoms with E-state index in [1.54, 1.807) is 38.1 Å². The highest BCUT2D eigenvalue weighted by Crippen LogP contribution is 2.38. The number of halogens is 3. The van der Waals surface area contributed by atoms with Crippen molar-refractivity contribution in [1.29, 1.82) is 0 Å². The summed E-state index contributed by atoms with van der Waals surface area (Å²) in [7, 11) is 0. The maximum absolute atomic E-state index is 12.7. The molecule has 0 radical (unpaired) electrons. The predicted octanol–water partition coefficient (Wildman–Crippen LogP) is 2.60. The van der Waals surface area contributed by atoms with Gasteiger partial charge in [-0.15, -0.1) is 0 Å². The Balaban J connectivity index is 1.62. The molecule has 27 heavy (non-hydrogen) atoms. The van der Waals surface area contributed by atoms with E-state index in [0.29, 0.717) is 22.6 Å². The molecule has 1 amide bonds. The number of rotatable bonds is 4. The standard InChI is InChI=1S/C17H16F3N3O4/c1-9-14(10(2)26-22-9)15(24)21-8-11-3-5-12(6-4-11)13-7-16(25,27-23-13)17(18,19)20/h3-6,25H,7-8H2,1-2H3,(H,21,24). The van der Waals surface area contributed by atoms with E-state index in [1.165, 1.54) is 0 Å².